The second kappa shape index (κ2) is 16.1. The summed E-state index contributed by atoms with van der Waals surface area (Å²) in [4.78, 5) is 0. The molecule has 0 radical (unpaired) electrons. The van der Waals surface area contributed by atoms with Gasteiger partial charge in [0, 0.05) is 0 Å². The number of aliphatic hydroxyl groups excluding tert-OH is 2. The maximum absolute atomic E-state index is 9.34. The van der Waals surface area contributed by atoms with Crippen LogP contribution in [0.25, 0.3) is 0 Å². The number of unbranched alkanes of at least 4 members (excludes halogenated alkanes) is 11. The summed E-state index contributed by atoms with van der Waals surface area (Å²) >= 11 is 0. The van der Waals surface area contributed by atoms with Gasteiger partial charge in [-0.2, -0.15) is 0 Å². The first-order valence-electron chi connectivity index (χ1n) is 10.8. The lowest BCUT2D eigenvalue weighted by atomic mass is 10.0. The second-order valence-electron chi connectivity index (χ2n) is 7.43. The average molecular weight is 365 g/mol. The van der Waals surface area contributed by atoms with Crippen molar-refractivity contribution >= 4 is 0 Å². The standard InChI is InChI=1S/C23H40O3/c1-2-3-4-5-6-7-8-9-10-11-12-13-15-21-16-14-17-23(18-21)26-20-22(25)19-24/h14,16-18,22,24-25H,2-13,15,19-20H2,1H3. The van der Waals surface area contributed by atoms with E-state index in [9.17, 15) is 5.11 Å². The van der Waals surface area contributed by atoms with Crippen LogP contribution in [0.4, 0.5) is 0 Å². The van der Waals surface area contributed by atoms with Crippen LogP contribution in [0.2, 0.25) is 0 Å². The summed E-state index contributed by atoms with van der Waals surface area (Å²) in [5.41, 5.74) is 1.29. The molecule has 1 aromatic rings. The third-order valence-corrected chi connectivity index (χ3v) is 4.87. The minimum Gasteiger partial charge on any atom is -0.491 e. The van der Waals surface area contributed by atoms with Crippen LogP contribution in [0, 0.1) is 0 Å². The van der Waals surface area contributed by atoms with Gasteiger partial charge in [-0.15, -0.1) is 0 Å². The first-order valence-corrected chi connectivity index (χ1v) is 10.8. The molecule has 0 fully saturated rings. The van der Waals surface area contributed by atoms with Crippen LogP contribution in [0.5, 0.6) is 5.75 Å². The molecule has 0 spiro atoms. The van der Waals surface area contributed by atoms with E-state index in [4.69, 9.17) is 9.84 Å². The van der Waals surface area contributed by atoms with Gasteiger partial charge < -0.3 is 14.9 Å². The Morgan fingerprint density at radius 1 is 0.846 bits per heavy atom. The number of benzene rings is 1. The van der Waals surface area contributed by atoms with Gasteiger partial charge in [0.2, 0.25) is 0 Å². The quantitative estimate of drug-likeness (QED) is 0.351. The Balaban J connectivity index is 1.99. The molecular formula is C23H40O3. The highest BCUT2D eigenvalue weighted by Gasteiger charge is 2.03. The lowest BCUT2D eigenvalue weighted by molar-refractivity contribution is 0.0536. The molecule has 0 aliphatic rings. The van der Waals surface area contributed by atoms with Crippen molar-refractivity contribution in [1.82, 2.24) is 0 Å². The molecule has 0 aliphatic heterocycles. The molecule has 0 bridgehead atoms. The molecule has 0 aromatic heterocycles. The molecule has 3 heteroatoms. The van der Waals surface area contributed by atoms with E-state index < -0.39 is 6.10 Å². The van der Waals surface area contributed by atoms with Crippen molar-refractivity contribution in [3.63, 3.8) is 0 Å². The molecule has 2 N–H and O–H groups in total. The van der Waals surface area contributed by atoms with Crippen molar-refractivity contribution in [2.45, 2.75) is 96.5 Å². The zero-order chi connectivity index (χ0) is 18.9. The molecule has 1 unspecified atom stereocenters. The third kappa shape index (κ3) is 12.3. The Kier molecular flexibility index (Phi) is 14.3. The second-order valence-corrected chi connectivity index (χ2v) is 7.43. The number of hydrogen-bond acceptors (Lipinski definition) is 3. The molecule has 0 heterocycles. The highest BCUT2D eigenvalue weighted by atomic mass is 16.5. The monoisotopic (exact) mass is 364 g/mol. The summed E-state index contributed by atoms with van der Waals surface area (Å²) in [5.74, 6) is 0.772. The lowest BCUT2D eigenvalue weighted by Crippen LogP contribution is -2.21. The summed E-state index contributed by atoms with van der Waals surface area (Å²) in [5, 5.41) is 18.2. The highest BCUT2D eigenvalue weighted by molar-refractivity contribution is 5.28. The van der Waals surface area contributed by atoms with E-state index in [1.165, 1.54) is 82.6 Å². The van der Waals surface area contributed by atoms with Crippen LogP contribution in [-0.2, 0) is 6.42 Å². The van der Waals surface area contributed by atoms with Crippen LogP contribution in [0.3, 0.4) is 0 Å². The van der Waals surface area contributed by atoms with Gasteiger partial charge in [0.15, 0.2) is 0 Å². The molecule has 1 atom stereocenters. The molecular weight excluding hydrogens is 324 g/mol. The Hall–Kier alpha value is -1.06. The SMILES string of the molecule is CCCCCCCCCCCCCCc1cccc(OCC(O)CO)c1. The normalized spacial score (nSPS) is 12.3. The van der Waals surface area contributed by atoms with E-state index in [0.717, 1.165) is 12.2 Å². The van der Waals surface area contributed by atoms with Gasteiger partial charge in [0.05, 0.1) is 6.61 Å². The summed E-state index contributed by atoms with van der Waals surface area (Å²) < 4.78 is 5.50. The van der Waals surface area contributed by atoms with Crippen molar-refractivity contribution in [2.24, 2.45) is 0 Å². The van der Waals surface area contributed by atoms with E-state index in [1.807, 2.05) is 18.2 Å². The molecule has 0 amide bonds. The van der Waals surface area contributed by atoms with Crippen molar-refractivity contribution < 1.29 is 14.9 Å². The maximum atomic E-state index is 9.34. The van der Waals surface area contributed by atoms with E-state index >= 15 is 0 Å². The lowest BCUT2D eigenvalue weighted by Gasteiger charge is -2.11. The van der Waals surface area contributed by atoms with Crippen LogP contribution >= 0.6 is 0 Å². The number of aryl methyl sites for hydroxylation is 1. The molecule has 3 nitrogen and oxygen atoms in total. The fourth-order valence-electron chi connectivity index (χ4n) is 3.21. The summed E-state index contributed by atoms with van der Waals surface area (Å²) in [7, 11) is 0. The number of aliphatic hydroxyl groups is 2. The fraction of sp³-hybridized carbons (Fsp3) is 0.739. The molecule has 150 valence electrons. The fourth-order valence-corrected chi connectivity index (χ4v) is 3.21. The molecule has 0 aliphatic carbocycles. The first kappa shape index (κ1) is 23.0. The van der Waals surface area contributed by atoms with Gasteiger partial charge in [0.1, 0.15) is 18.5 Å². The van der Waals surface area contributed by atoms with E-state index in [2.05, 4.69) is 13.0 Å². The van der Waals surface area contributed by atoms with Crippen LogP contribution < -0.4 is 4.74 Å². The minimum absolute atomic E-state index is 0.137. The van der Waals surface area contributed by atoms with E-state index in [0.29, 0.717) is 0 Å². The Morgan fingerprint density at radius 3 is 2.00 bits per heavy atom. The first-order chi connectivity index (χ1) is 12.8. The minimum atomic E-state index is -0.810. The predicted octanol–water partition coefficient (Wildman–Crippen LogP) is 5.66. The molecule has 1 aromatic carbocycles. The van der Waals surface area contributed by atoms with Crippen molar-refractivity contribution in [2.75, 3.05) is 13.2 Å². The number of rotatable bonds is 17. The predicted molar refractivity (Wildman–Crippen MR) is 110 cm³/mol. The maximum Gasteiger partial charge on any atom is 0.119 e. The molecule has 0 saturated carbocycles. The molecule has 1 rings (SSSR count). The summed E-state index contributed by atoms with van der Waals surface area (Å²) in [6.07, 6.45) is 16.7. The van der Waals surface area contributed by atoms with Gasteiger partial charge in [-0.3, -0.25) is 0 Å². The molecule has 26 heavy (non-hydrogen) atoms. The van der Waals surface area contributed by atoms with Crippen LogP contribution in [0.1, 0.15) is 89.5 Å². The Morgan fingerprint density at radius 2 is 1.42 bits per heavy atom. The van der Waals surface area contributed by atoms with Crippen LogP contribution in [-0.4, -0.2) is 29.5 Å². The zero-order valence-electron chi connectivity index (χ0n) is 16.8. The van der Waals surface area contributed by atoms with Gasteiger partial charge in [0.25, 0.3) is 0 Å². The highest BCUT2D eigenvalue weighted by Crippen LogP contribution is 2.17. The topological polar surface area (TPSA) is 49.7 Å². The largest absolute Gasteiger partial charge is 0.491 e. The van der Waals surface area contributed by atoms with Gasteiger partial charge in [-0.05, 0) is 30.5 Å². The molecule has 0 saturated heterocycles. The summed E-state index contributed by atoms with van der Waals surface area (Å²) in [6.45, 7) is 2.14. The Labute approximate surface area is 160 Å². The number of hydrogen-bond donors (Lipinski definition) is 2. The van der Waals surface area contributed by atoms with Crippen molar-refractivity contribution in [3.8, 4) is 5.75 Å². The van der Waals surface area contributed by atoms with Gasteiger partial charge >= 0.3 is 0 Å². The van der Waals surface area contributed by atoms with E-state index in [-0.39, 0.29) is 13.2 Å². The number of ether oxygens (including phenoxy) is 1. The van der Waals surface area contributed by atoms with Crippen molar-refractivity contribution in [3.05, 3.63) is 29.8 Å². The van der Waals surface area contributed by atoms with Crippen LogP contribution in [0.15, 0.2) is 24.3 Å². The van der Waals surface area contributed by atoms with E-state index in [1.54, 1.807) is 0 Å². The van der Waals surface area contributed by atoms with Gasteiger partial charge in [-0.1, -0.05) is 89.7 Å². The average Bonchev–Trinajstić information content (AvgIpc) is 2.67. The van der Waals surface area contributed by atoms with Gasteiger partial charge in [-0.25, -0.2) is 0 Å². The third-order valence-electron chi connectivity index (χ3n) is 4.87. The Bertz CT molecular complexity index is 433. The van der Waals surface area contributed by atoms with Crippen molar-refractivity contribution in [1.29, 1.82) is 0 Å². The smallest absolute Gasteiger partial charge is 0.119 e. The summed E-state index contributed by atoms with van der Waals surface area (Å²) in [6, 6.07) is 8.07. The zero-order valence-corrected chi connectivity index (χ0v) is 16.8.